The number of aryl methyl sites for hydroxylation is 2. The van der Waals surface area contributed by atoms with Crippen molar-refractivity contribution in [3.8, 4) is 17.6 Å². The van der Waals surface area contributed by atoms with Gasteiger partial charge in [-0.2, -0.15) is 5.26 Å². The van der Waals surface area contributed by atoms with Crippen molar-refractivity contribution in [2.45, 2.75) is 13.8 Å². The average molecular weight is 240 g/mol. The van der Waals surface area contributed by atoms with Gasteiger partial charge in [0.15, 0.2) is 5.88 Å². The van der Waals surface area contributed by atoms with E-state index in [4.69, 9.17) is 5.26 Å². The van der Waals surface area contributed by atoms with Crippen LogP contribution in [0.3, 0.4) is 0 Å². The summed E-state index contributed by atoms with van der Waals surface area (Å²) in [6.07, 6.45) is 0. The van der Waals surface area contributed by atoms with E-state index < -0.39 is 5.56 Å². The van der Waals surface area contributed by atoms with E-state index in [0.29, 0.717) is 11.3 Å². The van der Waals surface area contributed by atoms with Crippen LogP contribution in [0, 0.1) is 25.2 Å². The summed E-state index contributed by atoms with van der Waals surface area (Å²) in [5.74, 6) is -0.166. The number of pyridine rings is 1. The topological polar surface area (TPSA) is 66.0 Å². The summed E-state index contributed by atoms with van der Waals surface area (Å²) in [6.45, 7) is 3.56. The van der Waals surface area contributed by atoms with Crippen molar-refractivity contribution in [3.63, 3.8) is 0 Å². The van der Waals surface area contributed by atoms with Crippen molar-refractivity contribution in [2.75, 3.05) is 0 Å². The number of benzene rings is 1. The van der Waals surface area contributed by atoms with E-state index in [9.17, 15) is 9.90 Å². The molecule has 1 heterocycles. The number of nitrogens with zero attached hydrogens (tertiary/aromatic N) is 2. The highest BCUT2D eigenvalue weighted by atomic mass is 16.3. The monoisotopic (exact) mass is 240 g/mol. The van der Waals surface area contributed by atoms with E-state index in [2.05, 4.69) is 0 Å². The zero-order valence-electron chi connectivity index (χ0n) is 10.1. The fourth-order valence-corrected chi connectivity index (χ4v) is 1.79. The van der Waals surface area contributed by atoms with Crippen LogP contribution < -0.4 is 5.56 Å². The summed E-state index contributed by atoms with van der Waals surface area (Å²) in [6, 6.07) is 10.4. The lowest BCUT2D eigenvalue weighted by Crippen LogP contribution is -2.22. The van der Waals surface area contributed by atoms with Crippen molar-refractivity contribution >= 4 is 0 Å². The van der Waals surface area contributed by atoms with Crippen LogP contribution in [0.4, 0.5) is 0 Å². The van der Waals surface area contributed by atoms with Gasteiger partial charge in [-0.3, -0.25) is 4.79 Å². The molecule has 1 aromatic carbocycles. The van der Waals surface area contributed by atoms with E-state index in [1.54, 1.807) is 19.1 Å². The first-order valence-electron chi connectivity index (χ1n) is 5.47. The van der Waals surface area contributed by atoms with Crippen LogP contribution in [0.5, 0.6) is 5.88 Å². The lowest BCUT2D eigenvalue weighted by atomic mass is 10.1. The molecule has 2 aromatic rings. The molecule has 0 atom stereocenters. The lowest BCUT2D eigenvalue weighted by Gasteiger charge is -2.10. The average Bonchev–Trinajstić information content (AvgIpc) is 2.31. The summed E-state index contributed by atoms with van der Waals surface area (Å²) < 4.78 is 1.13. The smallest absolute Gasteiger partial charge is 0.276 e. The van der Waals surface area contributed by atoms with Crippen molar-refractivity contribution in [2.24, 2.45) is 0 Å². The van der Waals surface area contributed by atoms with Crippen molar-refractivity contribution in [1.29, 1.82) is 5.26 Å². The molecule has 2 rings (SSSR count). The fraction of sp³-hybridized carbons (Fsp3) is 0.143. The molecule has 0 saturated carbocycles. The molecule has 4 heteroatoms. The molecule has 1 aromatic heterocycles. The Labute approximate surface area is 104 Å². The van der Waals surface area contributed by atoms with Crippen LogP contribution >= 0.6 is 0 Å². The summed E-state index contributed by atoms with van der Waals surface area (Å²) >= 11 is 0. The predicted molar refractivity (Wildman–Crippen MR) is 67.9 cm³/mol. The van der Waals surface area contributed by atoms with E-state index in [1.165, 1.54) is 6.07 Å². The molecule has 0 amide bonds. The molecule has 1 N–H and O–H groups in total. The molecule has 0 fully saturated rings. The van der Waals surface area contributed by atoms with Gasteiger partial charge in [0.05, 0.1) is 5.69 Å². The molecular weight excluding hydrogens is 228 g/mol. The van der Waals surface area contributed by atoms with Crippen LogP contribution in [0.25, 0.3) is 5.69 Å². The van der Waals surface area contributed by atoms with Gasteiger partial charge in [0.1, 0.15) is 11.6 Å². The Morgan fingerprint density at radius 2 is 1.83 bits per heavy atom. The number of rotatable bonds is 1. The van der Waals surface area contributed by atoms with Crippen LogP contribution in [-0.4, -0.2) is 9.67 Å². The highest BCUT2D eigenvalue weighted by molar-refractivity contribution is 5.44. The summed E-state index contributed by atoms with van der Waals surface area (Å²) in [7, 11) is 0. The molecule has 0 aliphatic heterocycles. The standard InChI is InChI=1S/C14H12N2O2/c1-9-3-5-11(6-4-9)16-13(17)7-10(2)12(8-15)14(16)18/h3-7,17H,1-2H3. The third-order valence-corrected chi connectivity index (χ3v) is 2.79. The number of aromatic hydroxyl groups is 1. The number of hydrogen-bond donors (Lipinski definition) is 1. The fourth-order valence-electron chi connectivity index (χ4n) is 1.79. The summed E-state index contributed by atoms with van der Waals surface area (Å²) in [5, 5.41) is 18.8. The Morgan fingerprint density at radius 1 is 1.22 bits per heavy atom. The zero-order chi connectivity index (χ0) is 13.3. The van der Waals surface area contributed by atoms with E-state index in [0.717, 1.165) is 10.1 Å². The lowest BCUT2D eigenvalue weighted by molar-refractivity contribution is 0.434. The zero-order valence-corrected chi connectivity index (χ0v) is 10.1. The maximum absolute atomic E-state index is 12.1. The normalized spacial score (nSPS) is 10.1. The quantitative estimate of drug-likeness (QED) is 0.829. The van der Waals surface area contributed by atoms with Gasteiger partial charge in [-0.25, -0.2) is 4.57 Å². The minimum atomic E-state index is -0.501. The molecule has 0 radical (unpaired) electrons. The van der Waals surface area contributed by atoms with Crippen LogP contribution in [0.2, 0.25) is 0 Å². The van der Waals surface area contributed by atoms with E-state index in [-0.39, 0.29) is 11.4 Å². The van der Waals surface area contributed by atoms with Crippen molar-refractivity contribution < 1.29 is 5.11 Å². The minimum absolute atomic E-state index is 0.0494. The Kier molecular flexibility index (Phi) is 2.90. The molecule has 0 aliphatic carbocycles. The van der Waals surface area contributed by atoms with Crippen LogP contribution in [0.1, 0.15) is 16.7 Å². The number of nitriles is 1. The first-order chi connectivity index (χ1) is 8.54. The minimum Gasteiger partial charge on any atom is -0.494 e. The second-order valence-corrected chi connectivity index (χ2v) is 4.15. The molecule has 18 heavy (non-hydrogen) atoms. The van der Waals surface area contributed by atoms with Gasteiger partial charge in [0.25, 0.3) is 5.56 Å². The molecule has 90 valence electrons. The van der Waals surface area contributed by atoms with Gasteiger partial charge in [-0.05, 0) is 31.5 Å². The van der Waals surface area contributed by atoms with Gasteiger partial charge in [-0.1, -0.05) is 17.7 Å². The van der Waals surface area contributed by atoms with Crippen LogP contribution in [-0.2, 0) is 0 Å². The van der Waals surface area contributed by atoms with E-state index >= 15 is 0 Å². The second-order valence-electron chi connectivity index (χ2n) is 4.15. The van der Waals surface area contributed by atoms with Crippen molar-refractivity contribution in [3.05, 3.63) is 57.4 Å². The maximum Gasteiger partial charge on any atom is 0.276 e. The molecule has 0 aliphatic rings. The van der Waals surface area contributed by atoms with E-state index in [1.807, 2.05) is 25.1 Å². The predicted octanol–water partition coefficient (Wildman–Crippen LogP) is 2.03. The summed E-state index contributed by atoms with van der Waals surface area (Å²) in [5.41, 5.74) is 1.62. The Hall–Kier alpha value is -2.54. The third kappa shape index (κ3) is 1.87. The first-order valence-corrected chi connectivity index (χ1v) is 5.47. The number of aromatic nitrogens is 1. The van der Waals surface area contributed by atoms with Crippen LogP contribution in [0.15, 0.2) is 35.1 Å². The van der Waals surface area contributed by atoms with Gasteiger partial charge in [-0.15, -0.1) is 0 Å². The highest BCUT2D eigenvalue weighted by Gasteiger charge is 2.12. The van der Waals surface area contributed by atoms with Gasteiger partial charge in [0.2, 0.25) is 0 Å². The Morgan fingerprint density at radius 3 is 2.39 bits per heavy atom. The van der Waals surface area contributed by atoms with Gasteiger partial charge in [0, 0.05) is 6.07 Å². The Bertz CT molecular complexity index is 691. The molecule has 4 nitrogen and oxygen atoms in total. The maximum atomic E-state index is 12.1. The highest BCUT2D eigenvalue weighted by Crippen LogP contribution is 2.17. The van der Waals surface area contributed by atoms with Crippen molar-refractivity contribution in [1.82, 2.24) is 4.57 Å². The Balaban J connectivity index is 2.77. The molecular formula is C14H12N2O2. The van der Waals surface area contributed by atoms with Gasteiger partial charge >= 0.3 is 0 Å². The molecule has 0 bridgehead atoms. The SMILES string of the molecule is Cc1ccc(-n2c(O)cc(C)c(C#N)c2=O)cc1. The number of hydrogen-bond acceptors (Lipinski definition) is 3. The first kappa shape index (κ1) is 11.9. The second kappa shape index (κ2) is 4.38. The summed E-state index contributed by atoms with van der Waals surface area (Å²) in [4.78, 5) is 12.1. The third-order valence-electron chi connectivity index (χ3n) is 2.79. The molecule has 0 spiro atoms. The molecule has 0 saturated heterocycles. The molecule has 0 unspecified atom stereocenters. The van der Waals surface area contributed by atoms with Gasteiger partial charge < -0.3 is 5.11 Å². The largest absolute Gasteiger partial charge is 0.494 e.